The molecule has 15 heavy (non-hydrogen) atoms. The maximum atomic E-state index is 10.9. The molecule has 0 saturated carbocycles. The summed E-state index contributed by atoms with van der Waals surface area (Å²) >= 11 is 7.48. The smallest absolute Gasteiger partial charge is 0.312 e. The van der Waals surface area contributed by atoms with Crippen LogP contribution in [0.3, 0.4) is 0 Å². The number of carboxylic acids is 1. The first-order valence-electron chi connectivity index (χ1n) is 4.36. The van der Waals surface area contributed by atoms with Gasteiger partial charge in [0, 0.05) is 16.5 Å². The molecule has 0 aliphatic rings. The topological polar surface area (TPSA) is 63.3 Å². The first kappa shape index (κ1) is 12.4. The van der Waals surface area contributed by atoms with E-state index in [0.717, 1.165) is 4.90 Å². The highest BCUT2D eigenvalue weighted by Gasteiger charge is 2.20. The van der Waals surface area contributed by atoms with Gasteiger partial charge in [-0.2, -0.15) is 0 Å². The van der Waals surface area contributed by atoms with Gasteiger partial charge in [-0.3, -0.25) is 4.79 Å². The van der Waals surface area contributed by atoms with E-state index in [1.807, 2.05) is 12.3 Å². The lowest BCUT2D eigenvalue weighted by molar-refractivity contribution is -0.138. The molecule has 0 fully saturated rings. The van der Waals surface area contributed by atoms with Crippen molar-refractivity contribution in [3.63, 3.8) is 0 Å². The van der Waals surface area contributed by atoms with Crippen LogP contribution in [0.2, 0.25) is 5.02 Å². The van der Waals surface area contributed by atoms with Crippen molar-refractivity contribution in [1.82, 2.24) is 0 Å². The Balaban J connectivity index is 3.15. The number of thioether (sulfide) groups is 1. The summed E-state index contributed by atoms with van der Waals surface area (Å²) in [5, 5.41) is 9.42. The van der Waals surface area contributed by atoms with Crippen LogP contribution in [0.4, 0.5) is 0 Å². The van der Waals surface area contributed by atoms with Crippen LogP contribution in [0.15, 0.2) is 23.1 Å². The van der Waals surface area contributed by atoms with Gasteiger partial charge in [-0.25, -0.2) is 0 Å². The average Bonchev–Trinajstić information content (AvgIpc) is 2.21. The maximum absolute atomic E-state index is 10.9. The van der Waals surface area contributed by atoms with Gasteiger partial charge in [-0.1, -0.05) is 11.6 Å². The fourth-order valence-corrected chi connectivity index (χ4v) is 1.97. The van der Waals surface area contributed by atoms with E-state index in [1.54, 1.807) is 12.1 Å². The molecule has 82 valence electrons. The number of carboxylic acid groups (broad SMARTS) is 1. The Hall–Kier alpha value is -0.710. The van der Waals surface area contributed by atoms with Crippen molar-refractivity contribution in [2.75, 3.05) is 12.8 Å². The maximum Gasteiger partial charge on any atom is 0.312 e. The van der Waals surface area contributed by atoms with Gasteiger partial charge < -0.3 is 10.8 Å². The molecule has 3 nitrogen and oxygen atoms in total. The van der Waals surface area contributed by atoms with Crippen LogP contribution >= 0.6 is 23.4 Å². The van der Waals surface area contributed by atoms with Crippen LogP contribution in [0.5, 0.6) is 0 Å². The molecule has 0 aliphatic heterocycles. The quantitative estimate of drug-likeness (QED) is 0.799. The molecule has 5 heteroatoms. The van der Waals surface area contributed by atoms with Crippen LogP contribution < -0.4 is 5.73 Å². The second-order valence-corrected chi connectivity index (χ2v) is 4.30. The molecule has 1 aromatic carbocycles. The summed E-state index contributed by atoms with van der Waals surface area (Å²) in [4.78, 5) is 11.9. The molecule has 1 atom stereocenters. The number of halogens is 1. The summed E-state index contributed by atoms with van der Waals surface area (Å²) in [6, 6.07) is 5.33. The molecule has 0 aliphatic carbocycles. The van der Waals surface area contributed by atoms with E-state index in [-0.39, 0.29) is 6.54 Å². The lowest BCUT2D eigenvalue weighted by atomic mass is 9.99. The number of hydrogen-bond acceptors (Lipinski definition) is 3. The molecule has 1 aromatic rings. The van der Waals surface area contributed by atoms with Gasteiger partial charge in [0.15, 0.2) is 0 Å². The monoisotopic (exact) mass is 245 g/mol. The zero-order valence-corrected chi connectivity index (χ0v) is 9.81. The third-order valence-corrected chi connectivity index (χ3v) is 3.18. The van der Waals surface area contributed by atoms with E-state index in [9.17, 15) is 4.79 Å². The van der Waals surface area contributed by atoms with Gasteiger partial charge >= 0.3 is 5.97 Å². The molecule has 1 unspecified atom stereocenters. The normalized spacial score (nSPS) is 12.5. The Morgan fingerprint density at radius 1 is 1.67 bits per heavy atom. The predicted octanol–water partition coefficient (Wildman–Crippen LogP) is 2.19. The van der Waals surface area contributed by atoms with Gasteiger partial charge in [0.25, 0.3) is 0 Å². The van der Waals surface area contributed by atoms with Crippen molar-refractivity contribution in [3.05, 3.63) is 28.8 Å². The second-order valence-electron chi connectivity index (χ2n) is 3.01. The molecule has 0 spiro atoms. The van der Waals surface area contributed by atoms with E-state index >= 15 is 0 Å². The summed E-state index contributed by atoms with van der Waals surface area (Å²) in [5.74, 6) is -1.68. The number of nitrogens with two attached hydrogens (primary N) is 1. The summed E-state index contributed by atoms with van der Waals surface area (Å²) in [7, 11) is 0. The minimum absolute atomic E-state index is 0.0485. The Bertz CT molecular complexity index is 370. The summed E-state index contributed by atoms with van der Waals surface area (Å²) in [6.07, 6.45) is 1.92. The lowest BCUT2D eigenvalue weighted by Crippen LogP contribution is -2.21. The van der Waals surface area contributed by atoms with Crippen molar-refractivity contribution in [3.8, 4) is 0 Å². The van der Waals surface area contributed by atoms with Crippen molar-refractivity contribution in [2.24, 2.45) is 5.73 Å². The largest absolute Gasteiger partial charge is 0.481 e. The highest BCUT2D eigenvalue weighted by molar-refractivity contribution is 7.98. The zero-order chi connectivity index (χ0) is 11.4. The Labute approximate surface area is 97.6 Å². The molecule has 3 N–H and O–H groups in total. The molecule has 0 heterocycles. The Kier molecular flexibility index (Phi) is 4.45. The number of hydrogen-bond donors (Lipinski definition) is 2. The lowest BCUT2D eigenvalue weighted by Gasteiger charge is -2.12. The third-order valence-electron chi connectivity index (χ3n) is 2.11. The van der Waals surface area contributed by atoms with Gasteiger partial charge in [-0.15, -0.1) is 11.8 Å². The molecule has 0 radical (unpaired) electrons. The van der Waals surface area contributed by atoms with Crippen LogP contribution in [-0.4, -0.2) is 23.9 Å². The summed E-state index contributed by atoms with van der Waals surface area (Å²) < 4.78 is 0. The number of rotatable bonds is 4. The van der Waals surface area contributed by atoms with Gasteiger partial charge in [-0.05, 0) is 30.0 Å². The molecular formula is C10H12ClNO2S. The van der Waals surface area contributed by atoms with Gasteiger partial charge in [0.05, 0.1) is 5.92 Å². The van der Waals surface area contributed by atoms with Crippen molar-refractivity contribution < 1.29 is 9.90 Å². The highest BCUT2D eigenvalue weighted by Crippen LogP contribution is 2.28. The van der Waals surface area contributed by atoms with E-state index in [0.29, 0.717) is 10.6 Å². The minimum atomic E-state index is -0.947. The Morgan fingerprint density at radius 3 is 2.80 bits per heavy atom. The SMILES string of the molecule is CSc1ccc(Cl)c(C(CN)C(=O)O)c1. The molecule has 0 amide bonds. The zero-order valence-electron chi connectivity index (χ0n) is 8.24. The van der Waals surface area contributed by atoms with Crippen LogP contribution in [0, 0.1) is 0 Å². The summed E-state index contributed by atoms with van der Waals surface area (Å²) in [5.41, 5.74) is 6.00. The first-order chi connectivity index (χ1) is 7.10. The number of benzene rings is 1. The van der Waals surface area contributed by atoms with Crippen molar-refractivity contribution in [1.29, 1.82) is 0 Å². The average molecular weight is 246 g/mol. The Morgan fingerprint density at radius 2 is 2.33 bits per heavy atom. The van der Waals surface area contributed by atoms with E-state index in [2.05, 4.69) is 0 Å². The van der Waals surface area contributed by atoms with Crippen LogP contribution in [0.25, 0.3) is 0 Å². The molecule has 0 saturated heterocycles. The highest BCUT2D eigenvalue weighted by atomic mass is 35.5. The van der Waals surface area contributed by atoms with Crippen molar-refractivity contribution >= 4 is 29.3 Å². The standard InChI is InChI=1S/C10H12ClNO2S/c1-15-6-2-3-9(11)7(4-6)8(5-12)10(13)14/h2-4,8H,5,12H2,1H3,(H,13,14). The number of aliphatic carboxylic acids is 1. The molecule has 1 rings (SSSR count). The van der Waals surface area contributed by atoms with E-state index in [1.165, 1.54) is 11.8 Å². The fourth-order valence-electron chi connectivity index (χ4n) is 1.28. The summed E-state index contributed by atoms with van der Waals surface area (Å²) in [6.45, 7) is 0.0485. The van der Waals surface area contributed by atoms with Crippen molar-refractivity contribution in [2.45, 2.75) is 10.8 Å². The van der Waals surface area contributed by atoms with Gasteiger partial charge in [0.2, 0.25) is 0 Å². The minimum Gasteiger partial charge on any atom is -0.481 e. The molecular weight excluding hydrogens is 234 g/mol. The van der Waals surface area contributed by atoms with Crippen LogP contribution in [0.1, 0.15) is 11.5 Å². The fraction of sp³-hybridized carbons (Fsp3) is 0.300. The van der Waals surface area contributed by atoms with Gasteiger partial charge in [0.1, 0.15) is 0 Å². The molecule has 0 aromatic heterocycles. The van der Waals surface area contributed by atoms with Crippen LogP contribution in [-0.2, 0) is 4.79 Å². The van der Waals surface area contributed by atoms with E-state index < -0.39 is 11.9 Å². The van der Waals surface area contributed by atoms with E-state index in [4.69, 9.17) is 22.4 Å². The third kappa shape index (κ3) is 2.87. The first-order valence-corrected chi connectivity index (χ1v) is 5.96. The second kappa shape index (κ2) is 5.39. The predicted molar refractivity (Wildman–Crippen MR) is 62.7 cm³/mol. The number of carbonyl (C=O) groups is 1. The molecule has 0 bridgehead atoms.